The highest BCUT2D eigenvalue weighted by Gasteiger charge is 2.19. The number of esters is 1. The molecule has 0 fully saturated rings. The van der Waals surface area contributed by atoms with Gasteiger partial charge in [0.05, 0.1) is 5.39 Å². The molecule has 0 aliphatic carbocycles. The summed E-state index contributed by atoms with van der Waals surface area (Å²) in [5.74, 6) is -0.290. The van der Waals surface area contributed by atoms with Gasteiger partial charge in [0.2, 0.25) is 0 Å². The number of carbonyl (C=O) groups is 1. The highest BCUT2D eigenvalue weighted by Crippen LogP contribution is 2.27. The molecule has 0 atom stereocenters. The number of nitriles is 1. The molecule has 1 aromatic heterocycles. The lowest BCUT2D eigenvalue weighted by atomic mass is 10.0. The van der Waals surface area contributed by atoms with Gasteiger partial charge in [-0.15, -0.1) is 0 Å². The molecule has 24 heavy (non-hydrogen) atoms. The van der Waals surface area contributed by atoms with Crippen molar-refractivity contribution in [1.82, 2.24) is 0 Å². The van der Waals surface area contributed by atoms with E-state index in [9.17, 15) is 9.59 Å². The monoisotopic (exact) mass is 319 g/mol. The maximum absolute atomic E-state index is 12.6. The van der Waals surface area contributed by atoms with Crippen molar-refractivity contribution >= 4 is 16.9 Å². The molecular weight excluding hydrogens is 306 g/mol. The number of ether oxygens (including phenoxy) is 1. The fraction of sp³-hybridized carbons (Fsp3) is 0.105. The Labute approximate surface area is 137 Å². The van der Waals surface area contributed by atoms with E-state index in [4.69, 9.17) is 14.4 Å². The number of para-hydroxylation sites is 1. The van der Waals surface area contributed by atoms with Crippen LogP contribution in [0.2, 0.25) is 0 Å². The van der Waals surface area contributed by atoms with Gasteiger partial charge >= 0.3 is 5.97 Å². The number of hydrogen-bond donors (Lipinski definition) is 0. The van der Waals surface area contributed by atoms with Crippen LogP contribution in [-0.4, -0.2) is 12.6 Å². The van der Waals surface area contributed by atoms with Crippen LogP contribution in [0, 0.1) is 18.3 Å². The van der Waals surface area contributed by atoms with Gasteiger partial charge in [-0.2, -0.15) is 5.26 Å². The van der Waals surface area contributed by atoms with E-state index in [-0.39, 0.29) is 23.2 Å². The van der Waals surface area contributed by atoms with Crippen LogP contribution >= 0.6 is 0 Å². The molecular formula is C19H13NO4. The predicted molar refractivity (Wildman–Crippen MR) is 88.6 cm³/mol. The highest BCUT2D eigenvalue weighted by molar-refractivity contribution is 6.02. The summed E-state index contributed by atoms with van der Waals surface area (Å²) in [6.45, 7) is 1.32. The van der Waals surface area contributed by atoms with Gasteiger partial charge in [-0.25, -0.2) is 4.79 Å². The van der Waals surface area contributed by atoms with Gasteiger partial charge in [0.25, 0.3) is 0 Å². The first-order valence-corrected chi connectivity index (χ1v) is 7.29. The number of hydrogen-bond acceptors (Lipinski definition) is 5. The second-order valence-electron chi connectivity index (χ2n) is 5.17. The molecule has 0 saturated carbocycles. The minimum Gasteiger partial charge on any atom is -0.455 e. The number of nitrogens with zero attached hydrogens (tertiary/aromatic N) is 1. The zero-order valence-electron chi connectivity index (χ0n) is 12.9. The van der Waals surface area contributed by atoms with Gasteiger partial charge in [-0.1, -0.05) is 36.4 Å². The van der Waals surface area contributed by atoms with Gasteiger partial charge in [-0.05, 0) is 19.1 Å². The average Bonchev–Trinajstić information content (AvgIpc) is 2.63. The molecule has 1 heterocycles. The Kier molecular flexibility index (Phi) is 4.13. The van der Waals surface area contributed by atoms with Crippen molar-refractivity contribution in [3.05, 3.63) is 69.9 Å². The van der Waals surface area contributed by atoms with E-state index in [2.05, 4.69) is 0 Å². The first-order valence-electron chi connectivity index (χ1n) is 7.29. The van der Waals surface area contributed by atoms with Crippen molar-refractivity contribution in [3.8, 4) is 17.4 Å². The van der Waals surface area contributed by atoms with E-state index in [0.29, 0.717) is 16.7 Å². The quantitative estimate of drug-likeness (QED) is 0.691. The molecule has 3 rings (SSSR count). The molecule has 0 radical (unpaired) electrons. The largest absolute Gasteiger partial charge is 0.455 e. The second kappa shape index (κ2) is 6.39. The first kappa shape index (κ1) is 15.5. The summed E-state index contributed by atoms with van der Waals surface area (Å²) in [5, 5.41) is 8.85. The van der Waals surface area contributed by atoms with Gasteiger partial charge in [0.1, 0.15) is 17.4 Å². The Balaban J connectivity index is 2.27. The summed E-state index contributed by atoms with van der Waals surface area (Å²) in [5.41, 5.74) is 1.29. The molecule has 0 N–H and O–H groups in total. The van der Waals surface area contributed by atoms with E-state index in [0.717, 1.165) is 5.56 Å². The molecule has 0 aliphatic heterocycles. The molecule has 0 bridgehead atoms. The predicted octanol–water partition coefficient (Wildman–Crippen LogP) is 3.45. The van der Waals surface area contributed by atoms with E-state index >= 15 is 0 Å². The van der Waals surface area contributed by atoms with E-state index in [1.807, 2.05) is 30.3 Å². The van der Waals surface area contributed by atoms with Crippen LogP contribution < -0.4 is 5.43 Å². The van der Waals surface area contributed by atoms with Gasteiger partial charge < -0.3 is 9.15 Å². The van der Waals surface area contributed by atoms with Crippen LogP contribution in [0.25, 0.3) is 22.3 Å². The third kappa shape index (κ3) is 2.66. The Morgan fingerprint density at radius 3 is 2.62 bits per heavy atom. The smallest absolute Gasteiger partial charge is 0.343 e. The Bertz CT molecular complexity index is 1010. The summed E-state index contributed by atoms with van der Waals surface area (Å²) >= 11 is 0. The first-order chi connectivity index (χ1) is 11.6. The van der Waals surface area contributed by atoms with Crippen LogP contribution in [0.1, 0.15) is 15.9 Å². The zero-order chi connectivity index (χ0) is 17.1. The lowest BCUT2D eigenvalue weighted by Crippen LogP contribution is -2.11. The lowest BCUT2D eigenvalue weighted by molar-refractivity contribution is 0.0556. The average molecular weight is 319 g/mol. The highest BCUT2D eigenvalue weighted by atomic mass is 16.5. The summed E-state index contributed by atoms with van der Waals surface area (Å²) < 4.78 is 10.7. The lowest BCUT2D eigenvalue weighted by Gasteiger charge is -2.09. The fourth-order valence-electron chi connectivity index (χ4n) is 2.51. The van der Waals surface area contributed by atoms with Crippen LogP contribution in [0.15, 0.2) is 57.7 Å². The molecule has 118 valence electrons. The summed E-state index contributed by atoms with van der Waals surface area (Å²) in [6.07, 6.45) is 0. The number of carbonyl (C=O) groups excluding carboxylic acids is 1. The Morgan fingerprint density at radius 1 is 1.17 bits per heavy atom. The van der Waals surface area contributed by atoms with Crippen molar-refractivity contribution in [3.63, 3.8) is 0 Å². The van der Waals surface area contributed by atoms with E-state index in [1.165, 1.54) is 6.07 Å². The summed E-state index contributed by atoms with van der Waals surface area (Å²) in [6, 6.07) is 15.6. The summed E-state index contributed by atoms with van der Waals surface area (Å²) in [7, 11) is 0. The third-order valence-electron chi connectivity index (χ3n) is 3.67. The molecule has 0 saturated heterocycles. The van der Waals surface area contributed by atoms with Crippen LogP contribution in [-0.2, 0) is 4.74 Å². The topological polar surface area (TPSA) is 80.3 Å². The fourth-order valence-corrected chi connectivity index (χ4v) is 2.51. The van der Waals surface area contributed by atoms with Crippen molar-refractivity contribution < 1.29 is 13.9 Å². The molecule has 0 aliphatic rings. The Morgan fingerprint density at radius 2 is 1.92 bits per heavy atom. The van der Waals surface area contributed by atoms with E-state index in [1.54, 1.807) is 25.1 Å². The minimum atomic E-state index is -0.701. The van der Waals surface area contributed by atoms with Crippen LogP contribution in [0.3, 0.4) is 0 Å². The van der Waals surface area contributed by atoms with Crippen LogP contribution in [0.4, 0.5) is 0 Å². The third-order valence-corrected chi connectivity index (χ3v) is 3.67. The Hall–Kier alpha value is -3.39. The zero-order valence-corrected chi connectivity index (χ0v) is 12.9. The molecule has 3 aromatic rings. The molecule has 0 unspecified atom stereocenters. The number of fused-ring (bicyclic) bond motifs is 1. The molecule has 0 amide bonds. The molecule has 5 heteroatoms. The maximum atomic E-state index is 12.6. The molecule has 5 nitrogen and oxygen atoms in total. The van der Waals surface area contributed by atoms with Crippen molar-refractivity contribution in [2.24, 2.45) is 0 Å². The van der Waals surface area contributed by atoms with E-state index < -0.39 is 5.97 Å². The SMILES string of the molecule is Cc1c(-c2ccccc2)oc2c(C(=O)OCC#N)cccc2c1=O. The standard InChI is InChI=1S/C19H13NO4/c1-12-16(21)14-8-5-9-15(19(22)23-11-10-20)18(14)24-17(12)13-6-3-2-4-7-13/h2-9H,11H2,1H3. The summed E-state index contributed by atoms with van der Waals surface area (Å²) in [4.78, 5) is 24.8. The van der Waals surface area contributed by atoms with Crippen molar-refractivity contribution in [2.45, 2.75) is 6.92 Å². The van der Waals surface area contributed by atoms with Crippen molar-refractivity contribution in [2.75, 3.05) is 6.61 Å². The second-order valence-corrected chi connectivity index (χ2v) is 5.17. The van der Waals surface area contributed by atoms with Gasteiger partial charge in [0.15, 0.2) is 17.6 Å². The van der Waals surface area contributed by atoms with Gasteiger partial charge in [-0.3, -0.25) is 4.79 Å². The van der Waals surface area contributed by atoms with Gasteiger partial charge in [0, 0.05) is 11.1 Å². The normalized spacial score (nSPS) is 10.3. The maximum Gasteiger partial charge on any atom is 0.343 e. The molecule has 2 aromatic carbocycles. The number of benzene rings is 2. The van der Waals surface area contributed by atoms with Crippen molar-refractivity contribution in [1.29, 1.82) is 5.26 Å². The molecule has 0 spiro atoms. The van der Waals surface area contributed by atoms with Crippen LogP contribution in [0.5, 0.6) is 0 Å². The minimum absolute atomic E-state index is 0.122. The number of rotatable bonds is 3.